The molecule has 1 atom stereocenters. The third kappa shape index (κ3) is 2.45. The summed E-state index contributed by atoms with van der Waals surface area (Å²) in [5.41, 5.74) is 0.541. The van der Waals surface area contributed by atoms with Crippen molar-refractivity contribution in [2.45, 2.75) is 26.0 Å². The Balaban J connectivity index is 2.36. The average Bonchev–Trinajstić information content (AvgIpc) is 2.71. The SMILES string of the molecule is CCCn1ncc(Cl)c1C(O)c1ncccn1. The van der Waals surface area contributed by atoms with Gasteiger partial charge in [0.25, 0.3) is 0 Å². The Kier molecular flexibility index (Phi) is 3.71. The van der Waals surface area contributed by atoms with Crippen molar-refractivity contribution < 1.29 is 5.11 Å². The summed E-state index contributed by atoms with van der Waals surface area (Å²) in [5, 5.41) is 14.7. The normalized spacial score (nSPS) is 12.6. The molecule has 0 saturated heterocycles. The fourth-order valence-corrected chi connectivity index (χ4v) is 1.85. The topological polar surface area (TPSA) is 63.8 Å². The summed E-state index contributed by atoms with van der Waals surface area (Å²) in [6.07, 6.45) is 4.66. The van der Waals surface area contributed by atoms with E-state index in [1.807, 2.05) is 6.92 Å². The minimum atomic E-state index is -0.947. The minimum absolute atomic E-state index is 0.326. The van der Waals surface area contributed by atoms with Gasteiger partial charge in [-0.1, -0.05) is 18.5 Å². The summed E-state index contributed by atoms with van der Waals surface area (Å²) in [5.74, 6) is 0.326. The molecule has 0 aromatic carbocycles. The molecule has 5 nitrogen and oxygen atoms in total. The maximum absolute atomic E-state index is 10.2. The summed E-state index contributed by atoms with van der Waals surface area (Å²) in [6.45, 7) is 2.73. The summed E-state index contributed by atoms with van der Waals surface area (Å²) < 4.78 is 1.68. The molecule has 0 radical (unpaired) electrons. The van der Waals surface area contributed by atoms with Gasteiger partial charge in [0.1, 0.15) is 0 Å². The summed E-state index contributed by atoms with van der Waals surface area (Å²) in [4.78, 5) is 8.03. The van der Waals surface area contributed by atoms with Crippen molar-refractivity contribution in [2.24, 2.45) is 0 Å². The van der Waals surface area contributed by atoms with E-state index in [0.717, 1.165) is 6.42 Å². The molecule has 0 fully saturated rings. The Bertz CT molecular complexity index is 485. The van der Waals surface area contributed by atoms with E-state index in [-0.39, 0.29) is 0 Å². The number of aryl methyl sites for hydroxylation is 1. The molecule has 0 bridgehead atoms. The molecule has 6 heteroatoms. The van der Waals surface area contributed by atoms with Crippen LogP contribution in [0.5, 0.6) is 0 Å². The summed E-state index contributed by atoms with van der Waals surface area (Å²) in [6, 6.07) is 1.70. The van der Waals surface area contributed by atoms with Gasteiger partial charge in [-0.2, -0.15) is 5.10 Å². The molecule has 90 valence electrons. The highest BCUT2D eigenvalue weighted by Gasteiger charge is 2.21. The molecule has 17 heavy (non-hydrogen) atoms. The molecule has 2 aromatic rings. The molecule has 2 aromatic heterocycles. The monoisotopic (exact) mass is 252 g/mol. The second kappa shape index (κ2) is 5.25. The maximum atomic E-state index is 10.2. The van der Waals surface area contributed by atoms with Crippen LogP contribution in [0.1, 0.15) is 31.0 Å². The fourth-order valence-electron chi connectivity index (χ4n) is 1.61. The zero-order valence-corrected chi connectivity index (χ0v) is 10.2. The lowest BCUT2D eigenvalue weighted by molar-refractivity contribution is 0.197. The van der Waals surface area contributed by atoms with Gasteiger partial charge in [0.15, 0.2) is 11.9 Å². The lowest BCUT2D eigenvalue weighted by Gasteiger charge is -2.12. The molecule has 0 aliphatic rings. The first-order chi connectivity index (χ1) is 8.24. The van der Waals surface area contributed by atoms with Crippen LogP contribution in [0, 0.1) is 0 Å². The summed E-state index contributed by atoms with van der Waals surface area (Å²) in [7, 11) is 0. The third-order valence-corrected chi connectivity index (χ3v) is 2.65. The van der Waals surface area contributed by atoms with Crippen molar-refractivity contribution in [3.8, 4) is 0 Å². The third-order valence-electron chi connectivity index (χ3n) is 2.36. The Hall–Kier alpha value is -1.46. The van der Waals surface area contributed by atoms with Gasteiger partial charge >= 0.3 is 0 Å². The average molecular weight is 253 g/mol. The number of aliphatic hydroxyl groups is 1. The first kappa shape index (κ1) is 12.0. The van der Waals surface area contributed by atoms with Crippen LogP contribution in [0.25, 0.3) is 0 Å². The lowest BCUT2D eigenvalue weighted by atomic mass is 10.2. The van der Waals surface area contributed by atoms with Gasteiger partial charge in [-0.25, -0.2) is 9.97 Å². The van der Waals surface area contributed by atoms with Crippen LogP contribution in [-0.4, -0.2) is 24.9 Å². The van der Waals surface area contributed by atoms with Crippen molar-refractivity contribution in [2.75, 3.05) is 0 Å². The highest BCUT2D eigenvalue weighted by molar-refractivity contribution is 6.31. The number of hydrogen-bond acceptors (Lipinski definition) is 4. The van der Waals surface area contributed by atoms with Crippen LogP contribution in [0.15, 0.2) is 24.7 Å². The van der Waals surface area contributed by atoms with Crippen LogP contribution in [0.4, 0.5) is 0 Å². The van der Waals surface area contributed by atoms with E-state index in [2.05, 4.69) is 15.1 Å². The van der Waals surface area contributed by atoms with Gasteiger partial charge < -0.3 is 5.11 Å². The predicted molar refractivity (Wildman–Crippen MR) is 63.6 cm³/mol. The van der Waals surface area contributed by atoms with E-state index in [1.165, 1.54) is 6.20 Å². The van der Waals surface area contributed by atoms with Crippen molar-refractivity contribution in [3.05, 3.63) is 41.2 Å². The molecule has 0 saturated carbocycles. The van der Waals surface area contributed by atoms with E-state index in [4.69, 9.17) is 11.6 Å². The van der Waals surface area contributed by atoms with E-state index < -0.39 is 6.10 Å². The lowest BCUT2D eigenvalue weighted by Crippen LogP contribution is -2.12. The Labute approximate surface area is 104 Å². The van der Waals surface area contributed by atoms with E-state index in [9.17, 15) is 5.11 Å². The van der Waals surface area contributed by atoms with Crippen LogP contribution in [-0.2, 0) is 6.54 Å². The Morgan fingerprint density at radius 1 is 1.41 bits per heavy atom. The zero-order valence-electron chi connectivity index (χ0n) is 9.41. The largest absolute Gasteiger partial charge is 0.379 e. The van der Waals surface area contributed by atoms with Crippen molar-refractivity contribution in [1.82, 2.24) is 19.7 Å². The highest BCUT2D eigenvalue weighted by Crippen LogP contribution is 2.26. The van der Waals surface area contributed by atoms with Crippen LogP contribution < -0.4 is 0 Å². The molecule has 2 heterocycles. The molecule has 1 N–H and O–H groups in total. The quantitative estimate of drug-likeness (QED) is 0.902. The molecule has 0 aliphatic carbocycles. The highest BCUT2D eigenvalue weighted by atomic mass is 35.5. The van der Waals surface area contributed by atoms with E-state index >= 15 is 0 Å². The number of rotatable bonds is 4. The first-order valence-electron chi connectivity index (χ1n) is 5.40. The van der Waals surface area contributed by atoms with Gasteiger partial charge in [-0.3, -0.25) is 4.68 Å². The van der Waals surface area contributed by atoms with Crippen LogP contribution >= 0.6 is 11.6 Å². The number of nitrogens with zero attached hydrogens (tertiary/aromatic N) is 4. The zero-order chi connectivity index (χ0) is 12.3. The molecular weight excluding hydrogens is 240 g/mol. The number of halogens is 1. The molecular formula is C11H13ClN4O. The van der Waals surface area contributed by atoms with Gasteiger partial charge in [-0.05, 0) is 12.5 Å². The van der Waals surface area contributed by atoms with Crippen LogP contribution in [0.3, 0.4) is 0 Å². The Morgan fingerprint density at radius 3 is 2.76 bits per heavy atom. The molecule has 1 unspecified atom stereocenters. The maximum Gasteiger partial charge on any atom is 0.163 e. The molecule has 2 rings (SSSR count). The van der Waals surface area contributed by atoms with Gasteiger partial charge in [0.05, 0.1) is 16.9 Å². The van der Waals surface area contributed by atoms with Crippen molar-refractivity contribution >= 4 is 11.6 Å². The first-order valence-corrected chi connectivity index (χ1v) is 5.78. The van der Waals surface area contributed by atoms with Gasteiger partial charge in [0, 0.05) is 18.9 Å². The number of aliphatic hydroxyl groups excluding tert-OH is 1. The smallest absolute Gasteiger partial charge is 0.163 e. The van der Waals surface area contributed by atoms with Gasteiger partial charge in [-0.15, -0.1) is 0 Å². The fraction of sp³-hybridized carbons (Fsp3) is 0.364. The number of hydrogen-bond donors (Lipinski definition) is 1. The minimum Gasteiger partial charge on any atom is -0.379 e. The van der Waals surface area contributed by atoms with E-state index in [0.29, 0.717) is 23.1 Å². The molecule has 0 aliphatic heterocycles. The second-order valence-electron chi connectivity index (χ2n) is 3.61. The van der Waals surface area contributed by atoms with E-state index in [1.54, 1.807) is 23.1 Å². The summed E-state index contributed by atoms with van der Waals surface area (Å²) >= 11 is 6.03. The standard InChI is InChI=1S/C11H13ClN4O/c1-2-6-16-9(8(12)7-15-16)10(17)11-13-4-3-5-14-11/h3-5,7,10,17H,2,6H2,1H3. The van der Waals surface area contributed by atoms with Crippen LogP contribution in [0.2, 0.25) is 5.02 Å². The molecule has 0 spiro atoms. The van der Waals surface area contributed by atoms with Gasteiger partial charge in [0.2, 0.25) is 0 Å². The predicted octanol–water partition coefficient (Wildman–Crippen LogP) is 1.82. The second-order valence-corrected chi connectivity index (χ2v) is 4.02. The van der Waals surface area contributed by atoms with Crippen molar-refractivity contribution in [1.29, 1.82) is 0 Å². The molecule has 0 amide bonds. The number of aromatic nitrogens is 4. The Morgan fingerprint density at radius 2 is 2.12 bits per heavy atom. The van der Waals surface area contributed by atoms with Crippen molar-refractivity contribution in [3.63, 3.8) is 0 Å².